The Morgan fingerprint density at radius 3 is 2.95 bits per heavy atom. The number of aromatic nitrogens is 1. The number of carbonyl (C=O) groups is 1. The van der Waals surface area contributed by atoms with E-state index in [4.69, 9.17) is 0 Å². The zero-order valence-corrected chi connectivity index (χ0v) is 12.0. The summed E-state index contributed by atoms with van der Waals surface area (Å²) in [5.41, 5.74) is 2.97. The van der Waals surface area contributed by atoms with Crippen LogP contribution in [0.3, 0.4) is 0 Å². The van der Waals surface area contributed by atoms with Gasteiger partial charge < -0.3 is 5.32 Å². The van der Waals surface area contributed by atoms with Crippen LogP contribution in [0.25, 0.3) is 17.0 Å². The van der Waals surface area contributed by atoms with Gasteiger partial charge in [0.25, 0.3) is 0 Å². The zero-order valence-electron chi connectivity index (χ0n) is 12.0. The van der Waals surface area contributed by atoms with Gasteiger partial charge in [-0.25, -0.2) is 4.98 Å². The number of unbranched alkanes of at least 4 members (excludes halogenated alkanes) is 1. The van der Waals surface area contributed by atoms with E-state index in [-0.39, 0.29) is 5.91 Å². The van der Waals surface area contributed by atoms with Gasteiger partial charge in [0.1, 0.15) is 0 Å². The number of nitrogens with zero attached hydrogens (tertiary/aromatic N) is 1. The number of aryl methyl sites for hydroxylation is 1. The van der Waals surface area contributed by atoms with Gasteiger partial charge in [0.05, 0.1) is 11.2 Å². The smallest absolute Gasteiger partial charge is 0.244 e. The maximum atomic E-state index is 11.6. The van der Waals surface area contributed by atoms with Crippen LogP contribution in [0.15, 0.2) is 36.4 Å². The summed E-state index contributed by atoms with van der Waals surface area (Å²) in [6.07, 6.45) is 5.38. The van der Waals surface area contributed by atoms with E-state index in [9.17, 15) is 4.79 Å². The Morgan fingerprint density at radius 1 is 1.30 bits per heavy atom. The standard InChI is InChI=1S/C17H20N2O/c1-3-4-11-18-17(20)10-8-15-7-6-14-12-13(2)5-9-16(14)19-15/h5-10,12H,3-4,11H2,1-2H3,(H,18,20)/b10-8+. The lowest BCUT2D eigenvalue weighted by Gasteiger charge is -2.01. The normalized spacial score (nSPS) is 11.1. The third kappa shape index (κ3) is 3.92. The van der Waals surface area contributed by atoms with Crippen LogP contribution in [0.4, 0.5) is 0 Å². The van der Waals surface area contributed by atoms with Crippen molar-refractivity contribution in [3.05, 3.63) is 47.7 Å². The van der Waals surface area contributed by atoms with E-state index in [2.05, 4.69) is 30.2 Å². The molecule has 20 heavy (non-hydrogen) atoms. The number of nitrogens with one attached hydrogen (secondary N) is 1. The maximum absolute atomic E-state index is 11.6. The van der Waals surface area contributed by atoms with E-state index >= 15 is 0 Å². The number of fused-ring (bicyclic) bond motifs is 1. The molecule has 1 N–H and O–H groups in total. The molecule has 0 bridgehead atoms. The highest BCUT2D eigenvalue weighted by Gasteiger charge is 1.98. The molecule has 3 heteroatoms. The first-order chi connectivity index (χ1) is 9.69. The van der Waals surface area contributed by atoms with Crippen LogP contribution in [-0.4, -0.2) is 17.4 Å². The van der Waals surface area contributed by atoms with Crippen molar-refractivity contribution in [3.8, 4) is 0 Å². The SMILES string of the molecule is CCCCNC(=O)/C=C/c1ccc2cc(C)ccc2n1. The third-order valence-corrected chi connectivity index (χ3v) is 3.10. The Morgan fingerprint density at radius 2 is 2.15 bits per heavy atom. The van der Waals surface area contributed by atoms with Crippen molar-refractivity contribution in [1.82, 2.24) is 10.3 Å². The molecule has 3 nitrogen and oxygen atoms in total. The molecular formula is C17H20N2O. The van der Waals surface area contributed by atoms with Gasteiger partial charge in [0.15, 0.2) is 0 Å². The minimum absolute atomic E-state index is 0.0655. The van der Waals surface area contributed by atoms with Crippen LogP contribution < -0.4 is 5.32 Å². The van der Waals surface area contributed by atoms with Crippen molar-refractivity contribution in [2.45, 2.75) is 26.7 Å². The average molecular weight is 268 g/mol. The van der Waals surface area contributed by atoms with Gasteiger partial charge in [-0.1, -0.05) is 31.0 Å². The van der Waals surface area contributed by atoms with E-state index in [0.29, 0.717) is 0 Å². The van der Waals surface area contributed by atoms with Crippen molar-refractivity contribution in [1.29, 1.82) is 0 Å². The van der Waals surface area contributed by atoms with Crippen molar-refractivity contribution >= 4 is 22.9 Å². The van der Waals surface area contributed by atoms with Gasteiger partial charge in [0.2, 0.25) is 5.91 Å². The molecule has 0 aliphatic heterocycles. The lowest BCUT2D eigenvalue weighted by molar-refractivity contribution is -0.116. The van der Waals surface area contributed by atoms with E-state index in [1.54, 1.807) is 6.08 Å². The lowest BCUT2D eigenvalue weighted by atomic mass is 10.1. The van der Waals surface area contributed by atoms with E-state index in [1.807, 2.05) is 24.3 Å². The highest BCUT2D eigenvalue weighted by Crippen LogP contribution is 2.14. The largest absolute Gasteiger partial charge is 0.353 e. The fourth-order valence-electron chi connectivity index (χ4n) is 1.96. The number of hydrogen-bond donors (Lipinski definition) is 1. The maximum Gasteiger partial charge on any atom is 0.244 e. The van der Waals surface area contributed by atoms with Crippen molar-refractivity contribution in [2.75, 3.05) is 6.54 Å². The highest BCUT2D eigenvalue weighted by atomic mass is 16.1. The molecule has 0 spiro atoms. The molecular weight excluding hydrogens is 248 g/mol. The molecule has 1 aromatic carbocycles. The van der Waals surface area contributed by atoms with Crippen LogP contribution in [0.5, 0.6) is 0 Å². The molecule has 2 rings (SSSR count). The van der Waals surface area contributed by atoms with E-state index < -0.39 is 0 Å². The lowest BCUT2D eigenvalue weighted by Crippen LogP contribution is -2.21. The second-order valence-corrected chi connectivity index (χ2v) is 4.91. The molecule has 0 unspecified atom stereocenters. The fourth-order valence-corrected chi connectivity index (χ4v) is 1.96. The molecule has 104 valence electrons. The zero-order chi connectivity index (χ0) is 14.4. The first kappa shape index (κ1) is 14.3. The molecule has 1 aromatic heterocycles. The molecule has 0 saturated carbocycles. The topological polar surface area (TPSA) is 42.0 Å². The summed E-state index contributed by atoms with van der Waals surface area (Å²) in [4.78, 5) is 16.1. The quantitative estimate of drug-likeness (QED) is 0.666. The molecule has 0 aliphatic rings. The van der Waals surface area contributed by atoms with Gasteiger partial charge in [0, 0.05) is 18.0 Å². The van der Waals surface area contributed by atoms with Gasteiger partial charge in [-0.2, -0.15) is 0 Å². The summed E-state index contributed by atoms with van der Waals surface area (Å²) in [6.45, 7) is 4.89. The van der Waals surface area contributed by atoms with Gasteiger partial charge in [-0.3, -0.25) is 4.79 Å². The molecule has 0 radical (unpaired) electrons. The minimum atomic E-state index is -0.0655. The number of rotatable bonds is 5. The number of hydrogen-bond acceptors (Lipinski definition) is 2. The first-order valence-electron chi connectivity index (χ1n) is 7.02. The molecule has 1 amide bonds. The van der Waals surface area contributed by atoms with Crippen molar-refractivity contribution in [2.24, 2.45) is 0 Å². The van der Waals surface area contributed by atoms with Crippen LogP contribution in [0.2, 0.25) is 0 Å². The average Bonchev–Trinajstić information content (AvgIpc) is 2.45. The summed E-state index contributed by atoms with van der Waals surface area (Å²) in [7, 11) is 0. The summed E-state index contributed by atoms with van der Waals surface area (Å²) in [6, 6.07) is 10.1. The second kappa shape index (κ2) is 6.85. The van der Waals surface area contributed by atoms with Crippen molar-refractivity contribution < 1.29 is 4.79 Å². The second-order valence-electron chi connectivity index (χ2n) is 4.91. The molecule has 0 atom stereocenters. The van der Waals surface area contributed by atoms with Crippen molar-refractivity contribution in [3.63, 3.8) is 0 Å². The number of amides is 1. The fraction of sp³-hybridized carbons (Fsp3) is 0.294. The number of carbonyl (C=O) groups excluding carboxylic acids is 1. The minimum Gasteiger partial charge on any atom is -0.353 e. The molecule has 1 heterocycles. The Hall–Kier alpha value is -2.16. The van der Waals surface area contributed by atoms with E-state index in [1.165, 1.54) is 11.6 Å². The number of pyridine rings is 1. The third-order valence-electron chi connectivity index (χ3n) is 3.10. The van der Waals surface area contributed by atoms with Gasteiger partial charge in [-0.15, -0.1) is 0 Å². The Kier molecular flexibility index (Phi) is 4.88. The summed E-state index contributed by atoms with van der Waals surface area (Å²) >= 11 is 0. The molecule has 0 aliphatic carbocycles. The summed E-state index contributed by atoms with van der Waals surface area (Å²) < 4.78 is 0. The van der Waals surface area contributed by atoms with Crippen LogP contribution >= 0.6 is 0 Å². The molecule has 2 aromatic rings. The Bertz CT molecular complexity index is 632. The predicted octanol–water partition coefficient (Wildman–Crippen LogP) is 3.47. The number of benzene rings is 1. The van der Waals surface area contributed by atoms with Crippen LogP contribution in [0, 0.1) is 6.92 Å². The monoisotopic (exact) mass is 268 g/mol. The predicted molar refractivity (Wildman–Crippen MR) is 83.4 cm³/mol. The molecule has 0 saturated heterocycles. The Balaban J connectivity index is 2.06. The molecule has 0 fully saturated rings. The summed E-state index contributed by atoms with van der Waals surface area (Å²) in [5, 5.41) is 3.96. The van der Waals surface area contributed by atoms with Gasteiger partial charge >= 0.3 is 0 Å². The highest BCUT2D eigenvalue weighted by molar-refractivity contribution is 5.91. The summed E-state index contributed by atoms with van der Waals surface area (Å²) in [5.74, 6) is -0.0655. The van der Waals surface area contributed by atoms with E-state index in [0.717, 1.165) is 36.0 Å². The Labute approximate surface area is 119 Å². The first-order valence-corrected chi connectivity index (χ1v) is 7.02. The van der Waals surface area contributed by atoms with Crippen LogP contribution in [0.1, 0.15) is 31.0 Å². The van der Waals surface area contributed by atoms with Crippen LogP contribution in [-0.2, 0) is 4.79 Å². The van der Waals surface area contributed by atoms with Gasteiger partial charge in [-0.05, 0) is 37.6 Å².